The molecule has 0 N–H and O–H groups in total. The monoisotopic (exact) mass is 705 g/mol. The predicted octanol–water partition coefficient (Wildman–Crippen LogP) is 15.3. The van der Waals surface area contributed by atoms with Gasteiger partial charge in [-0.15, -0.1) is 11.3 Å². The molecular weight excluding hydrogens is 671 g/mol. The van der Waals surface area contributed by atoms with Crippen molar-refractivity contribution in [3.8, 4) is 44.5 Å². The van der Waals surface area contributed by atoms with Gasteiger partial charge in [0, 0.05) is 37.2 Å². The van der Waals surface area contributed by atoms with Crippen molar-refractivity contribution in [2.24, 2.45) is 0 Å². The molecule has 0 fully saturated rings. The largest absolute Gasteiger partial charge is 0.310 e. The first kappa shape index (κ1) is 32.0. The van der Waals surface area contributed by atoms with E-state index in [4.69, 9.17) is 0 Å². The van der Waals surface area contributed by atoms with E-state index in [9.17, 15) is 0 Å². The number of anilines is 3. The average molecular weight is 706 g/mol. The van der Waals surface area contributed by atoms with Crippen LogP contribution in [0.3, 0.4) is 0 Å². The summed E-state index contributed by atoms with van der Waals surface area (Å²) in [7, 11) is 0. The summed E-state index contributed by atoms with van der Waals surface area (Å²) in [5, 5.41) is 5.13. The van der Waals surface area contributed by atoms with E-state index in [1.807, 2.05) is 11.3 Å². The standard InChI is InChI=1S/C52H35NS/c1-2-12-38(13-3-1)47-17-6-7-18-48(47)39-25-29-45(30-26-39)53(46-31-32-50-49-19-8-9-20-51(49)54-52(50)35-46)44-27-23-37(24-28-44)41-15-10-16-42(33-41)43-22-21-36-11-4-5-14-40(36)34-43/h1-35H. The van der Waals surface area contributed by atoms with Gasteiger partial charge < -0.3 is 4.90 Å². The normalized spacial score (nSPS) is 11.3. The number of nitrogens with zero attached hydrogens (tertiary/aromatic N) is 1. The molecule has 0 bridgehead atoms. The molecule has 0 amide bonds. The van der Waals surface area contributed by atoms with Crippen molar-refractivity contribution < 1.29 is 0 Å². The Labute approximate surface area is 319 Å². The van der Waals surface area contributed by atoms with Crippen LogP contribution in [-0.2, 0) is 0 Å². The Bertz CT molecular complexity index is 2920. The lowest BCUT2D eigenvalue weighted by atomic mass is 9.94. The van der Waals surface area contributed by atoms with Crippen LogP contribution in [0.1, 0.15) is 0 Å². The van der Waals surface area contributed by atoms with Gasteiger partial charge in [0.05, 0.1) is 0 Å². The number of hydrogen-bond acceptors (Lipinski definition) is 2. The van der Waals surface area contributed by atoms with E-state index < -0.39 is 0 Å². The second-order valence-electron chi connectivity index (χ2n) is 13.8. The Kier molecular flexibility index (Phi) is 8.09. The quantitative estimate of drug-likeness (QED) is 0.160. The van der Waals surface area contributed by atoms with E-state index in [1.165, 1.54) is 75.5 Å². The summed E-state index contributed by atoms with van der Waals surface area (Å²) >= 11 is 1.86. The summed E-state index contributed by atoms with van der Waals surface area (Å²) < 4.78 is 2.60. The smallest absolute Gasteiger partial charge is 0.0476 e. The van der Waals surface area contributed by atoms with Gasteiger partial charge in [-0.05, 0) is 110 Å². The van der Waals surface area contributed by atoms with Gasteiger partial charge in [0.25, 0.3) is 0 Å². The molecule has 254 valence electrons. The number of thiophene rings is 1. The molecule has 54 heavy (non-hydrogen) atoms. The average Bonchev–Trinajstić information content (AvgIpc) is 3.62. The molecule has 2 heteroatoms. The molecule has 10 rings (SSSR count). The molecule has 0 radical (unpaired) electrons. The first-order valence-electron chi connectivity index (χ1n) is 18.4. The van der Waals surface area contributed by atoms with Crippen molar-refractivity contribution in [3.63, 3.8) is 0 Å². The fourth-order valence-corrected chi connectivity index (χ4v) is 8.88. The molecule has 1 heterocycles. The van der Waals surface area contributed by atoms with Crippen LogP contribution in [0.25, 0.3) is 75.5 Å². The molecule has 10 aromatic rings. The van der Waals surface area contributed by atoms with Crippen molar-refractivity contribution in [1.82, 2.24) is 0 Å². The Balaban J connectivity index is 1.04. The molecule has 0 aliphatic heterocycles. The van der Waals surface area contributed by atoms with Crippen molar-refractivity contribution in [2.75, 3.05) is 4.90 Å². The maximum absolute atomic E-state index is 2.38. The molecule has 0 unspecified atom stereocenters. The SMILES string of the molecule is c1ccc(-c2ccccc2-c2ccc(N(c3ccc(-c4cccc(-c5ccc6ccccc6c5)c4)cc3)c3ccc4c(c3)sc3ccccc34)cc2)cc1. The minimum atomic E-state index is 1.11. The summed E-state index contributed by atoms with van der Waals surface area (Å²) in [6.07, 6.45) is 0. The van der Waals surface area contributed by atoms with E-state index in [0.29, 0.717) is 0 Å². The molecule has 0 spiro atoms. The van der Waals surface area contributed by atoms with E-state index >= 15 is 0 Å². The highest BCUT2D eigenvalue weighted by Crippen LogP contribution is 2.42. The van der Waals surface area contributed by atoms with Crippen molar-refractivity contribution in [1.29, 1.82) is 0 Å². The van der Waals surface area contributed by atoms with Gasteiger partial charge in [-0.3, -0.25) is 0 Å². The minimum Gasteiger partial charge on any atom is -0.310 e. The Morgan fingerprint density at radius 1 is 0.278 bits per heavy atom. The van der Waals surface area contributed by atoms with Crippen molar-refractivity contribution in [3.05, 3.63) is 212 Å². The zero-order valence-corrected chi connectivity index (χ0v) is 30.4. The first-order chi connectivity index (χ1) is 26.7. The molecule has 1 nitrogen and oxygen atoms in total. The minimum absolute atomic E-state index is 1.11. The van der Waals surface area contributed by atoms with Gasteiger partial charge in [0.2, 0.25) is 0 Å². The van der Waals surface area contributed by atoms with E-state index in [1.54, 1.807) is 0 Å². The summed E-state index contributed by atoms with van der Waals surface area (Å²) in [4.78, 5) is 2.38. The lowest BCUT2D eigenvalue weighted by Crippen LogP contribution is -2.09. The molecule has 0 aliphatic rings. The lowest BCUT2D eigenvalue weighted by Gasteiger charge is -2.26. The highest BCUT2D eigenvalue weighted by Gasteiger charge is 2.16. The first-order valence-corrected chi connectivity index (χ1v) is 19.2. The highest BCUT2D eigenvalue weighted by atomic mass is 32.1. The highest BCUT2D eigenvalue weighted by molar-refractivity contribution is 7.25. The van der Waals surface area contributed by atoms with Crippen LogP contribution >= 0.6 is 11.3 Å². The molecule has 0 saturated heterocycles. The summed E-state index contributed by atoms with van der Waals surface area (Å²) in [5.74, 6) is 0. The second kappa shape index (κ2) is 13.7. The maximum atomic E-state index is 2.38. The van der Waals surface area contributed by atoms with Crippen LogP contribution in [-0.4, -0.2) is 0 Å². The van der Waals surface area contributed by atoms with Gasteiger partial charge in [-0.2, -0.15) is 0 Å². The van der Waals surface area contributed by atoms with E-state index in [0.717, 1.165) is 17.1 Å². The summed E-state index contributed by atoms with van der Waals surface area (Å²) in [6, 6.07) is 77.1. The number of benzene rings is 9. The third kappa shape index (κ3) is 5.93. The molecule has 0 aliphatic carbocycles. The third-order valence-electron chi connectivity index (χ3n) is 10.5. The van der Waals surface area contributed by atoms with Crippen LogP contribution in [0.2, 0.25) is 0 Å². The lowest BCUT2D eigenvalue weighted by molar-refractivity contribution is 1.29. The van der Waals surface area contributed by atoms with Crippen LogP contribution in [0.4, 0.5) is 17.1 Å². The summed E-state index contributed by atoms with van der Waals surface area (Å²) in [6.45, 7) is 0. The Morgan fingerprint density at radius 2 is 0.796 bits per heavy atom. The van der Waals surface area contributed by atoms with Crippen LogP contribution in [0.5, 0.6) is 0 Å². The predicted molar refractivity (Wildman–Crippen MR) is 233 cm³/mol. The van der Waals surface area contributed by atoms with Gasteiger partial charge in [0.15, 0.2) is 0 Å². The number of hydrogen-bond donors (Lipinski definition) is 0. The van der Waals surface area contributed by atoms with Gasteiger partial charge in [0.1, 0.15) is 0 Å². The van der Waals surface area contributed by atoms with Gasteiger partial charge in [-0.1, -0.05) is 158 Å². The van der Waals surface area contributed by atoms with Crippen molar-refractivity contribution in [2.45, 2.75) is 0 Å². The maximum Gasteiger partial charge on any atom is 0.0476 e. The number of fused-ring (bicyclic) bond motifs is 4. The van der Waals surface area contributed by atoms with Crippen LogP contribution in [0.15, 0.2) is 212 Å². The zero-order chi connectivity index (χ0) is 35.8. The number of rotatable bonds is 7. The Hall–Kier alpha value is -6.74. The molecular formula is C52H35NS. The van der Waals surface area contributed by atoms with Crippen LogP contribution in [0, 0.1) is 0 Å². The topological polar surface area (TPSA) is 3.24 Å². The third-order valence-corrected chi connectivity index (χ3v) is 11.6. The second-order valence-corrected chi connectivity index (χ2v) is 14.8. The van der Waals surface area contributed by atoms with Crippen LogP contribution < -0.4 is 4.90 Å². The molecule has 9 aromatic carbocycles. The summed E-state index contributed by atoms with van der Waals surface area (Å²) in [5.41, 5.74) is 13.1. The zero-order valence-electron chi connectivity index (χ0n) is 29.6. The fraction of sp³-hybridized carbons (Fsp3) is 0. The van der Waals surface area contributed by atoms with Gasteiger partial charge >= 0.3 is 0 Å². The van der Waals surface area contributed by atoms with E-state index in [-0.39, 0.29) is 0 Å². The van der Waals surface area contributed by atoms with Gasteiger partial charge in [-0.25, -0.2) is 0 Å². The fourth-order valence-electron chi connectivity index (χ4n) is 7.75. The van der Waals surface area contributed by atoms with E-state index in [2.05, 4.69) is 217 Å². The Morgan fingerprint density at radius 3 is 1.56 bits per heavy atom. The molecule has 1 aromatic heterocycles. The molecule has 0 atom stereocenters. The van der Waals surface area contributed by atoms with Crippen molar-refractivity contribution >= 4 is 59.3 Å². The molecule has 0 saturated carbocycles.